The molecule has 0 aromatic rings. The Morgan fingerprint density at radius 1 is 1.38 bits per heavy atom. The molecule has 80 valence electrons. The lowest BCUT2D eigenvalue weighted by atomic mass is 10.3. The number of ether oxygens (including phenoxy) is 1. The number of aliphatic hydroxyl groups excluding tert-OH is 1. The third-order valence-electron chi connectivity index (χ3n) is 1.79. The van der Waals surface area contributed by atoms with E-state index in [1.807, 2.05) is 25.9 Å². The molecule has 0 aromatic heterocycles. The van der Waals surface area contributed by atoms with Crippen molar-refractivity contribution in [3.63, 3.8) is 0 Å². The molecule has 0 fully saturated rings. The van der Waals surface area contributed by atoms with E-state index in [0.717, 1.165) is 6.54 Å². The van der Waals surface area contributed by atoms with Crippen LogP contribution in [0.5, 0.6) is 0 Å². The van der Waals surface area contributed by atoms with Gasteiger partial charge in [0.25, 0.3) is 0 Å². The van der Waals surface area contributed by atoms with Crippen LogP contribution in [-0.2, 0) is 4.74 Å². The van der Waals surface area contributed by atoms with Gasteiger partial charge in [-0.05, 0) is 21.0 Å². The predicted molar refractivity (Wildman–Crippen MR) is 53.9 cm³/mol. The highest BCUT2D eigenvalue weighted by Gasteiger charge is 2.05. The van der Waals surface area contributed by atoms with E-state index in [0.29, 0.717) is 13.1 Å². The van der Waals surface area contributed by atoms with Gasteiger partial charge in [-0.15, -0.1) is 0 Å². The van der Waals surface area contributed by atoms with Gasteiger partial charge < -0.3 is 20.1 Å². The lowest BCUT2D eigenvalue weighted by molar-refractivity contribution is 0.103. The van der Waals surface area contributed by atoms with Crippen molar-refractivity contribution in [2.75, 3.05) is 40.8 Å². The van der Waals surface area contributed by atoms with Gasteiger partial charge in [0.1, 0.15) is 0 Å². The van der Waals surface area contributed by atoms with Crippen LogP contribution in [0.1, 0.15) is 6.92 Å². The first-order chi connectivity index (χ1) is 6.06. The van der Waals surface area contributed by atoms with Crippen molar-refractivity contribution in [3.8, 4) is 0 Å². The fourth-order valence-corrected chi connectivity index (χ4v) is 1.02. The molecule has 0 saturated carbocycles. The van der Waals surface area contributed by atoms with Crippen molar-refractivity contribution >= 4 is 0 Å². The number of aliphatic hydroxyl groups is 1. The zero-order chi connectivity index (χ0) is 10.3. The number of nitrogens with one attached hydrogen (secondary N) is 1. The molecule has 0 radical (unpaired) electrons. The Hall–Kier alpha value is -0.160. The van der Waals surface area contributed by atoms with Gasteiger partial charge in [0.15, 0.2) is 0 Å². The van der Waals surface area contributed by atoms with Crippen LogP contribution < -0.4 is 5.32 Å². The molecule has 0 aliphatic heterocycles. The average Bonchev–Trinajstić information content (AvgIpc) is 2.02. The fourth-order valence-electron chi connectivity index (χ4n) is 1.02. The van der Waals surface area contributed by atoms with E-state index >= 15 is 0 Å². The molecule has 0 aliphatic rings. The summed E-state index contributed by atoms with van der Waals surface area (Å²) in [6.07, 6.45) is -0.106. The van der Waals surface area contributed by atoms with Gasteiger partial charge in [0.05, 0.1) is 12.2 Å². The summed E-state index contributed by atoms with van der Waals surface area (Å²) in [5.41, 5.74) is 0. The Morgan fingerprint density at radius 2 is 2.00 bits per heavy atom. The maximum atomic E-state index is 9.46. The van der Waals surface area contributed by atoms with Crippen molar-refractivity contribution in [1.29, 1.82) is 0 Å². The van der Waals surface area contributed by atoms with Crippen molar-refractivity contribution in [2.24, 2.45) is 0 Å². The maximum Gasteiger partial charge on any atom is 0.0791 e. The van der Waals surface area contributed by atoms with E-state index in [1.54, 1.807) is 7.11 Å². The summed E-state index contributed by atoms with van der Waals surface area (Å²) in [6.45, 7) is 4.08. The van der Waals surface area contributed by atoms with Crippen molar-refractivity contribution in [3.05, 3.63) is 0 Å². The van der Waals surface area contributed by atoms with Crippen LogP contribution in [-0.4, -0.2) is 63.1 Å². The molecule has 0 amide bonds. The van der Waals surface area contributed by atoms with E-state index in [1.165, 1.54) is 0 Å². The smallest absolute Gasteiger partial charge is 0.0791 e. The summed E-state index contributed by atoms with van der Waals surface area (Å²) in [4.78, 5) is 1.96. The predicted octanol–water partition coefficient (Wildman–Crippen LogP) is -0.467. The molecule has 2 N–H and O–H groups in total. The molecule has 2 unspecified atom stereocenters. The SMILES string of the molecule is COC(C)CNCC(O)CN(C)C. The number of likely N-dealkylation sites (N-methyl/N-ethyl adjacent to an activating group) is 1. The normalized spacial score (nSPS) is 16.2. The number of methoxy groups -OCH3 is 1. The minimum Gasteiger partial charge on any atom is -0.390 e. The highest BCUT2D eigenvalue weighted by molar-refractivity contribution is 4.63. The molecular weight excluding hydrogens is 168 g/mol. The van der Waals surface area contributed by atoms with Gasteiger partial charge in [-0.25, -0.2) is 0 Å². The Bertz CT molecular complexity index is 120. The van der Waals surface area contributed by atoms with Crippen LogP contribution in [0.25, 0.3) is 0 Å². The molecule has 0 saturated heterocycles. The summed E-state index contributed by atoms with van der Waals surface area (Å²) < 4.78 is 5.06. The molecule has 13 heavy (non-hydrogen) atoms. The van der Waals surface area contributed by atoms with Gasteiger partial charge in [-0.3, -0.25) is 0 Å². The Morgan fingerprint density at radius 3 is 2.46 bits per heavy atom. The van der Waals surface area contributed by atoms with E-state index < -0.39 is 0 Å². The van der Waals surface area contributed by atoms with Crippen molar-refractivity contribution in [1.82, 2.24) is 10.2 Å². The number of nitrogens with zero attached hydrogens (tertiary/aromatic N) is 1. The maximum absolute atomic E-state index is 9.46. The molecule has 0 rings (SSSR count). The summed E-state index contributed by atoms with van der Waals surface area (Å²) in [7, 11) is 5.57. The average molecular weight is 190 g/mol. The fraction of sp³-hybridized carbons (Fsp3) is 1.00. The zero-order valence-corrected chi connectivity index (χ0v) is 9.08. The molecule has 4 nitrogen and oxygen atoms in total. The zero-order valence-electron chi connectivity index (χ0n) is 9.08. The van der Waals surface area contributed by atoms with Gasteiger partial charge in [-0.1, -0.05) is 0 Å². The Kier molecular flexibility index (Phi) is 7.17. The third kappa shape index (κ3) is 8.18. The van der Waals surface area contributed by atoms with Crippen LogP contribution in [0.15, 0.2) is 0 Å². The van der Waals surface area contributed by atoms with Crippen LogP contribution >= 0.6 is 0 Å². The minimum atomic E-state index is -0.306. The molecule has 2 atom stereocenters. The Balaban J connectivity index is 3.31. The van der Waals surface area contributed by atoms with E-state index in [-0.39, 0.29) is 12.2 Å². The molecule has 0 aliphatic carbocycles. The number of hydrogen-bond donors (Lipinski definition) is 2. The summed E-state index contributed by atoms with van der Waals surface area (Å²) in [5, 5.41) is 12.6. The molecular formula is C9H22N2O2. The van der Waals surface area contributed by atoms with Gasteiger partial charge in [-0.2, -0.15) is 0 Å². The third-order valence-corrected chi connectivity index (χ3v) is 1.79. The second kappa shape index (κ2) is 7.26. The lowest BCUT2D eigenvalue weighted by Crippen LogP contribution is -2.37. The second-order valence-electron chi connectivity index (χ2n) is 3.62. The van der Waals surface area contributed by atoms with Crippen molar-refractivity contribution < 1.29 is 9.84 Å². The Labute approximate surface area is 80.9 Å². The van der Waals surface area contributed by atoms with E-state index in [2.05, 4.69) is 5.32 Å². The van der Waals surface area contributed by atoms with Gasteiger partial charge in [0.2, 0.25) is 0 Å². The summed E-state index contributed by atoms with van der Waals surface area (Å²) in [6, 6.07) is 0. The highest BCUT2D eigenvalue weighted by atomic mass is 16.5. The molecule has 0 heterocycles. The first-order valence-electron chi connectivity index (χ1n) is 4.62. The minimum absolute atomic E-state index is 0.201. The standard InChI is InChI=1S/C9H22N2O2/c1-8(13-4)5-10-6-9(12)7-11(2)3/h8-10,12H,5-7H2,1-4H3. The summed E-state index contributed by atoms with van der Waals surface area (Å²) >= 11 is 0. The van der Waals surface area contributed by atoms with Gasteiger partial charge in [0, 0.05) is 26.7 Å². The largest absolute Gasteiger partial charge is 0.390 e. The first kappa shape index (κ1) is 12.8. The second-order valence-corrected chi connectivity index (χ2v) is 3.62. The topological polar surface area (TPSA) is 44.7 Å². The van der Waals surface area contributed by atoms with Crippen LogP contribution in [0.2, 0.25) is 0 Å². The van der Waals surface area contributed by atoms with E-state index in [9.17, 15) is 5.11 Å². The van der Waals surface area contributed by atoms with Crippen LogP contribution in [0.4, 0.5) is 0 Å². The molecule has 0 aromatic carbocycles. The number of hydrogen-bond acceptors (Lipinski definition) is 4. The quantitative estimate of drug-likeness (QED) is 0.570. The van der Waals surface area contributed by atoms with Crippen molar-refractivity contribution in [2.45, 2.75) is 19.1 Å². The molecule has 0 bridgehead atoms. The van der Waals surface area contributed by atoms with Crippen LogP contribution in [0.3, 0.4) is 0 Å². The van der Waals surface area contributed by atoms with Gasteiger partial charge >= 0.3 is 0 Å². The first-order valence-corrected chi connectivity index (χ1v) is 4.62. The number of rotatable bonds is 7. The van der Waals surface area contributed by atoms with E-state index in [4.69, 9.17) is 4.74 Å². The lowest BCUT2D eigenvalue weighted by Gasteiger charge is -2.17. The molecule has 0 spiro atoms. The summed E-state index contributed by atoms with van der Waals surface area (Å²) in [5.74, 6) is 0. The van der Waals surface area contributed by atoms with Crippen LogP contribution in [0, 0.1) is 0 Å². The molecule has 4 heteroatoms. The monoisotopic (exact) mass is 190 g/mol. The highest BCUT2D eigenvalue weighted by Crippen LogP contribution is 1.86.